The predicted molar refractivity (Wildman–Crippen MR) is 115 cm³/mol. The van der Waals surface area contributed by atoms with Gasteiger partial charge in [0.15, 0.2) is 5.82 Å². The normalized spacial score (nSPS) is 16.5. The molecular weight excluding hydrogens is 406 g/mol. The second-order valence-corrected chi connectivity index (χ2v) is 8.08. The molecule has 1 saturated heterocycles. The van der Waals surface area contributed by atoms with E-state index in [4.69, 9.17) is 18.9 Å². The molecule has 1 unspecified atom stereocenters. The van der Waals surface area contributed by atoms with Crippen molar-refractivity contribution in [3.8, 4) is 10.9 Å². The van der Waals surface area contributed by atoms with Gasteiger partial charge in [0.25, 0.3) is 5.19 Å². The highest BCUT2D eigenvalue weighted by atomic mass is 32.1. The number of amides is 1. The smallest absolute Gasteiger partial charge is 0.410 e. The first kappa shape index (κ1) is 24.0. The molecule has 0 spiro atoms. The quantitative estimate of drug-likeness (QED) is 0.664. The van der Waals surface area contributed by atoms with E-state index in [0.717, 1.165) is 5.56 Å². The third-order valence-corrected chi connectivity index (χ3v) is 4.51. The number of methoxy groups -OCH3 is 1. The highest BCUT2D eigenvalue weighted by Gasteiger charge is 2.29. The van der Waals surface area contributed by atoms with Gasteiger partial charge >= 0.3 is 6.09 Å². The number of carbonyl (C=O) groups excluding carboxylic acids is 1. The maximum absolute atomic E-state index is 12.4. The zero-order valence-corrected chi connectivity index (χ0v) is 19.3. The average molecular weight is 438 g/mol. The monoisotopic (exact) mass is 437 g/mol. The van der Waals surface area contributed by atoms with Gasteiger partial charge in [0.1, 0.15) is 24.1 Å². The second-order valence-electron chi connectivity index (χ2n) is 7.37. The van der Waals surface area contributed by atoms with Gasteiger partial charge in [-0.3, -0.25) is 0 Å². The van der Waals surface area contributed by atoms with Gasteiger partial charge in [-0.1, -0.05) is 26.0 Å². The van der Waals surface area contributed by atoms with Crippen LogP contribution in [0.1, 0.15) is 52.1 Å². The van der Waals surface area contributed by atoms with E-state index < -0.39 is 5.60 Å². The summed E-state index contributed by atoms with van der Waals surface area (Å²) in [5.41, 5.74) is 0.398. The van der Waals surface area contributed by atoms with Crippen molar-refractivity contribution in [2.75, 3.05) is 26.8 Å². The van der Waals surface area contributed by atoms with Crippen LogP contribution in [0.3, 0.4) is 0 Å². The Hall–Kier alpha value is -2.23. The van der Waals surface area contributed by atoms with Crippen molar-refractivity contribution in [1.82, 2.24) is 14.3 Å². The summed E-state index contributed by atoms with van der Waals surface area (Å²) in [6.07, 6.45) is -0.573. The summed E-state index contributed by atoms with van der Waals surface area (Å²) in [5.74, 6) is 1.22. The number of hydrogen-bond donors (Lipinski definition) is 0. The molecule has 2 aromatic rings. The number of aromatic nitrogens is 2. The molecule has 8 nitrogen and oxygen atoms in total. The zero-order valence-electron chi connectivity index (χ0n) is 18.5. The topological polar surface area (TPSA) is 83.0 Å². The summed E-state index contributed by atoms with van der Waals surface area (Å²) in [5, 5.41) is 0.448. The van der Waals surface area contributed by atoms with Crippen LogP contribution < -0.4 is 4.74 Å². The molecule has 1 atom stereocenters. The summed E-state index contributed by atoms with van der Waals surface area (Å²) in [4.78, 5) is 18.3. The van der Waals surface area contributed by atoms with E-state index in [0.29, 0.717) is 43.1 Å². The van der Waals surface area contributed by atoms with Crippen LogP contribution in [0.2, 0.25) is 0 Å². The van der Waals surface area contributed by atoms with Gasteiger partial charge in [-0.05, 0) is 38.5 Å². The molecule has 1 aromatic carbocycles. The summed E-state index contributed by atoms with van der Waals surface area (Å²) in [7, 11) is 1.59. The van der Waals surface area contributed by atoms with Crippen molar-refractivity contribution in [1.29, 1.82) is 0 Å². The van der Waals surface area contributed by atoms with Crippen LogP contribution in [0.15, 0.2) is 24.3 Å². The Kier molecular flexibility index (Phi) is 9.01. The Morgan fingerprint density at radius 3 is 2.80 bits per heavy atom. The Labute approximate surface area is 182 Å². The molecule has 1 aliphatic heterocycles. The fourth-order valence-corrected chi connectivity index (χ4v) is 3.25. The molecule has 3 rings (SSSR count). The Morgan fingerprint density at radius 1 is 1.33 bits per heavy atom. The van der Waals surface area contributed by atoms with E-state index in [2.05, 4.69) is 9.36 Å². The van der Waals surface area contributed by atoms with Crippen molar-refractivity contribution in [2.24, 2.45) is 0 Å². The molecule has 0 saturated carbocycles. The first-order valence-corrected chi connectivity index (χ1v) is 10.8. The third-order valence-electron chi connectivity index (χ3n) is 3.88. The minimum absolute atomic E-state index is 0.247. The molecule has 0 N–H and O–H groups in total. The van der Waals surface area contributed by atoms with Gasteiger partial charge in [-0.25, -0.2) is 4.79 Å². The van der Waals surface area contributed by atoms with Crippen LogP contribution in [0.5, 0.6) is 10.9 Å². The summed E-state index contributed by atoms with van der Waals surface area (Å²) >= 11 is 1.17. The van der Waals surface area contributed by atoms with Gasteiger partial charge in [0.05, 0.1) is 13.2 Å². The van der Waals surface area contributed by atoms with Crippen molar-refractivity contribution in [3.05, 3.63) is 35.7 Å². The van der Waals surface area contributed by atoms with Crippen molar-refractivity contribution in [3.63, 3.8) is 0 Å². The minimum atomic E-state index is -0.526. The number of nitrogens with zero attached hydrogens (tertiary/aromatic N) is 3. The van der Waals surface area contributed by atoms with Crippen LogP contribution >= 0.6 is 11.5 Å². The fourth-order valence-electron chi connectivity index (χ4n) is 2.69. The van der Waals surface area contributed by atoms with E-state index in [9.17, 15) is 4.79 Å². The molecule has 166 valence electrons. The van der Waals surface area contributed by atoms with Crippen molar-refractivity contribution < 1.29 is 23.7 Å². The van der Waals surface area contributed by atoms with Crippen molar-refractivity contribution >= 4 is 17.6 Å². The highest BCUT2D eigenvalue weighted by Crippen LogP contribution is 2.29. The average Bonchev–Trinajstić information content (AvgIpc) is 3.16. The molecule has 2 heterocycles. The largest absolute Gasteiger partial charge is 0.444 e. The van der Waals surface area contributed by atoms with Gasteiger partial charge in [0, 0.05) is 25.2 Å². The first-order valence-electron chi connectivity index (χ1n) is 10.0. The molecular formula is C21H31N3O5S. The standard InChI is InChI=1S/C19H25N3O5S.C2H6/c1-19(2,3)27-18(23)22-8-9-25-15(11-22)13-6-5-7-14(10-13)26-17-20-16(12-24-4)21-28-17;1-2/h5-7,10,15H,8-9,11-12H2,1-4H3;1-2H3. The van der Waals surface area contributed by atoms with Gasteiger partial charge in [-0.15, -0.1) is 0 Å². The van der Waals surface area contributed by atoms with Crippen LogP contribution in [0.25, 0.3) is 0 Å². The predicted octanol–water partition coefficient (Wildman–Crippen LogP) is 4.81. The first-order chi connectivity index (χ1) is 14.3. The summed E-state index contributed by atoms with van der Waals surface area (Å²) in [6, 6.07) is 7.57. The van der Waals surface area contributed by atoms with E-state index in [1.54, 1.807) is 12.0 Å². The molecule has 1 amide bonds. The number of rotatable bonds is 5. The van der Waals surface area contributed by atoms with Gasteiger partial charge in [0.2, 0.25) is 0 Å². The Morgan fingerprint density at radius 2 is 2.10 bits per heavy atom. The Bertz CT molecular complexity index is 806. The van der Waals surface area contributed by atoms with E-state index >= 15 is 0 Å². The maximum Gasteiger partial charge on any atom is 0.410 e. The number of carbonyl (C=O) groups is 1. The van der Waals surface area contributed by atoms with Crippen LogP contribution in [-0.4, -0.2) is 52.8 Å². The molecule has 30 heavy (non-hydrogen) atoms. The van der Waals surface area contributed by atoms with E-state index in [-0.39, 0.29) is 12.2 Å². The van der Waals surface area contributed by atoms with Crippen LogP contribution in [0.4, 0.5) is 4.79 Å². The van der Waals surface area contributed by atoms with Gasteiger partial charge in [-0.2, -0.15) is 9.36 Å². The lowest BCUT2D eigenvalue weighted by Gasteiger charge is -2.34. The lowest BCUT2D eigenvalue weighted by atomic mass is 10.1. The Balaban J connectivity index is 0.00000155. The van der Waals surface area contributed by atoms with Crippen LogP contribution in [-0.2, 0) is 20.8 Å². The van der Waals surface area contributed by atoms with Crippen LogP contribution in [0, 0.1) is 0 Å². The molecule has 9 heteroatoms. The number of ether oxygens (including phenoxy) is 4. The highest BCUT2D eigenvalue weighted by molar-refractivity contribution is 7.07. The van der Waals surface area contributed by atoms with Crippen molar-refractivity contribution in [2.45, 2.75) is 52.9 Å². The lowest BCUT2D eigenvalue weighted by molar-refractivity contribution is -0.0433. The van der Waals surface area contributed by atoms with E-state index in [1.165, 1.54) is 11.5 Å². The number of hydrogen-bond acceptors (Lipinski definition) is 8. The van der Waals surface area contributed by atoms with E-state index in [1.807, 2.05) is 58.9 Å². The fraction of sp³-hybridized carbons (Fsp3) is 0.571. The maximum atomic E-state index is 12.4. The third kappa shape index (κ3) is 7.23. The zero-order chi connectivity index (χ0) is 22.1. The summed E-state index contributed by atoms with van der Waals surface area (Å²) in [6.45, 7) is 11.3. The molecule has 0 radical (unpaired) electrons. The molecule has 1 aliphatic rings. The summed E-state index contributed by atoms with van der Waals surface area (Å²) < 4.78 is 26.3. The lowest BCUT2D eigenvalue weighted by Crippen LogP contribution is -2.44. The molecule has 0 aliphatic carbocycles. The molecule has 0 bridgehead atoms. The molecule has 1 fully saturated rings. The minimum Gasteiger partial charge on any atom is -0.444 e. The molecule has 1 aromatic heterocycles. The second kappa shape index (κ2) is 11.2. The number of morpholine rings is 1. The number of benzene rings is 1. The SMILES string of the molecule is CC.COCc1nsc(Oc2cccc(C3CN(C(=O)OC(C)(C)C)CCO3)c2)n1. The van der Waals surface area contributed by atoms with Gasteiger partial charge < -0.3 is 23.8 Å².